The predicted octanol–water partition coefficient (Wildman–Crippen LogP) is 4.97. The standard InChI is InChI=1S/C15H18Cl3N3/c1-11(12-4-5-13(16)15(18)14(12)17)20-6-2-3-8-21-9-7-19-10-21/h4-5,7,9-11,20H,2-3,6,8H2,1H3. The number of hydrogen-bond acceptors (Lipinski definition) is 2. The molecular formula is C15H18Cl3N3. The van der Waals surface area contributed by atoms with Gasteiger partial charge in [-0.1, -0.05) is 40.9 Å². The van der Waals surface area contributed by atoms with Crippen LogP contribution < -0.4 is 5.32 Å². The fourth-order valence-corrected chi connectivity index (χ4v) is 2.85. The average Bonchev–Trinajstić information content (AvgIpc) is 2.97. The number of halogens is 3. The molecule has 0 aliphatic rings. The van der Waals surface area contributed by atoms with Crippen LogP contribution in [0.2, 0.25) is 15.1 Å². The van der Waals surface area contributed by atoms with Crippen LogP contribution in [0.25, 0.3) is 0 Å². The third-order valence-corrected chi connectivity index (χ3v) is 4.69. The molecule has 0 aliphatic carbocycles. The first-order valence-corrected chi connectivity index (χ1v) is 8.05. The SMILES string of the molecule is CC(NCCCCn1ccnc1)c1ccc(Cl)c(Cl)c1Cl. The highest BCUT2D eigenvalue weighted by atomic mass is 35.5. The van der Waals surface area contributed by atoms with E-state index in [2.05, 4.69) is 21.8 Å². The van der Waals surface area contributed by atoms with Crippen molar-refractivity contribution in [2.45, 2.75) is 32.4 Å². The molecular weight excluding hydrogens is 329 g/mol. The van der Waals surface area contributed by atoms with Crippen molar-refractivity contribution < 1.29 is 0 Å². The predicted molar refractivity (Wildman–Crippen MR) is 89.4 cm³/mol. The minimum absolute atomic E-state index is 0.139. The number of aromatic nitrogens is 2. The Kier molecular flexibility index (Phi) is 6.37. The lowest BCUT2D eigenvalue weighted by molar-refractivity contribution is 0.523. The van der Waals surface area contributed by atoms with E-state index in [4.69, 9.17) is 34.8 Å². The van der Waals surface area contributed by atoms with Gasteiger partial charge in [0.2, 0.25) is 0 Å². The van der Waals surface area contributed by atoms with E-state index < -0.39 is 0 Å². The minimum Gasteiger partial charge on any atom is -0.337 e. The van der Waals surface area contributed by atoms with Crippen LogP contribution >= 0.6 is 34.8 Å². The highest BCUT2D eigenvalue weighted by Gasteiger charge is 2.13. The summed E-state index contributed by atoms with van der Waals surface area (Å²) in [7, 11) is 0. The van der Waals surface area contributed by atoms with Crippen LogP contribution in [0.1, 0.15) is 31.4 Å². The van der Waals surface area contributed by atoms with Gasteiger partial charge in [-0.05, 0) is 37.9 Å². The molecule has 0 bridgehead atoms. The molecule has 0 amide bonds. The number of hydrogen-bond donors (Lipinski definition) is 1. The van der Waals surface area contributed by atoms with Gasteiger partial charge in [0.1, 0.15) is 0 Å². The van der Waals surface area contributed by atoms with E-state index >= 15 is 0 Å². The van der Waals surface area contributed by atoms with Crippen molar-refractivity contribution in [1.29, 1.82) is 0 Å². The summed E-state index contributed by atoms with van der Waals surface area (Å²) < 4.78 is 2.08. The van der Waals surface area contributed by atoms with E-state index in [0.29, 0.717) is 15.1 Å². The van der Waals surface area contributed by atoms with Crippen molar-refractivity contribution in [2.75, 3.05) is 6.54 Å². The van der Waals surface area contributed by atoms with Gasteiger partial charge in [-0.15, -0.1) is 0 Å². The normalized spacial score (nSPS) is 12.6. The Bertz CT molecular complexity index is 570. The first kappa shape index (κ1) is 16.6. The first-order chi connectivity index (χ1) is 10.1. The second-order valence-electron chi connectivity index (χ2n) is 4.95. The third kappa shape index (κ3) is 4.62. The number of nitrogens with one attached hydrogen (secondary N) is 1. The Morgan fingerprint density at radius 2 is 2.00 bits per heavy atom. The van der Waals surface area contributed by atoms with Crippen molar-refractivity contribution in [3.05, 3.63) is 51.5 Å². The molecule has 2 aromatic rings. The molecule has 1 unspecified atom stereocenters. The monoisotopic (exact) mass is 345 g/mol. The second kappa shape index (κ2) is 8.04. The van der Waals surface area contributed by atoms with Gasteiger partial charge < -0.3 is 9.88 Å². The van der Waals surface area contributed by atoms with Crippen molar-refractivity contribution in [3.63, 3.8) is 0 Å². The van der Waals surface area contributed by atoms with E-state index in [1.54, 1.807) is 12.3 Å². The molecule has 1 aromatic carbocycles. The van der Waals surface area contributed by atoms with Crippen molar-refractivity contribution in [2.24, 2.45) is 0 Å². The quantitative estimate of drug-likeness (QED) is 0.566. The van der Waals surface area contributed by atoms with Gasteiger partial charge in [0.25, 0.3) is 0 Å². The average molecular weight is 347 g/mol. The molecule has 1 heterocycles. The maximum atomic E-state index is 6.23. The number of nitrogens with zero attached hydrogens (tertiary/aromatic N) is 2. The van der Waals surface area contributed by atoms with Gasteiger partial charge >= 0.3 is 0 Å². The molecule has 0 saturated carbocycles. The molecule has 0 radical (unpaired) electrons. The first-order valence-electron chi connectivity index (χ1n) is 6.92. The third-order valence-electron chi connectivity index (χ3n) is 3.38. The summed E-state index contributed by atoms with van der Waals surface area (Å²) in [5.74, 6) is 0. The maximum absolute atomic E-state index is 6.23. The highest BCUT2D eigenvalue weighted by molar-refractivity contribution is 6.48. The second-order valence-corrected chi connectivity index (χ2v) is 6.11. The van der Waals surface area contributed by atoms with Crippen LogP contribution in [0, 0.1) is 0 Å². The van der Waals surface area contributed by atoms with E-state index in [1.807, 2.05) is 18.6 Å². The zero-order chi connectivity index (χ0) is 15.2. The molecule has 0 fully saturated rings. The molecule has 0 saturated heterocycles. The van der Waals surface area contributed by atoms with E-state index in [9.17, 15) is 0 Å². The molecule has 0 aliphatic heterocycles. The fourth-order valence-electron chi connectivity index (χ4n) is 2.14. The summed E-state index contributed by atoms with van der Waals surface area (Å²) >= 11 is 18.2. The molecule has 6 heteroatoms. The molecule has 1 atom stereocenters. The van der Waals surface area contributed by atoms with Gasteiger partial charge in [0.05, 0.1) is 21.4 Å². The van der Waals surface area contributed by atoms with Crippen molar-refractivity contribution >= 4 is 34.8 Å². The molecule has 21 heavy (non-hydrogen) atoms. The Labute approximate surface area is 140 Å². The molecule has 0 spiro atoms. The number of rotatable bonds is 7. The van der Waals surface area contributed by atoms with Gasteiger partial charge in [0, 0.05) is 25.0 Å². The number of imidazole rings is 1. The van der Waals surface area contributed by atoms with Gasteiger partial charge in [0.15, 0.2) is 0 Å². The van der Waals surface area contributed by atoms with Gasteiger partial charge in [-0.3, -0.25) is 0 Å². The zero-order valence-electron chi connectivity index (χ0n) is 11.8. The van der Waals surface area contributed by atoms with Gasteiger partial charge in [-0.25, -0.2) is 4.98 Å². The van der Waals surface area contributed by atoms with Crippen LogP contribution in [0.15, 0.2) is 30.9 Å². The number of benzene rings is 1. The maximum Gasteiger partial charge on any atom is 0.0945 e. The van der Waals surface area contributed by atoms with Crippen molar-refractivity contribution in [3.8, 4) is 0 Å². The minimum atomic E-state index is 0.139. The Hall–Kier alpha value is -0.740. The molecule has 1 N–H and O–H groups in total. The molecule has 1 aromatic heterocycles. The highest BCUT2D eigenvalue weighted by Crippen LogP contribution is 2.35. The van der Waals surface area contributed by atoms with Crippen molar-refractivity contribution in [1.82, 2.24) is 14.9 Å². The number of aryl methyl sites for hydroxylation is 1. The smallest absolute Gasteiger partial charge is 0.0945 e. The summed E-state index contributed by atoms with van der Waals surface area (Å²) in [5.41, 5.74) is 0.973. The zero-order valence-corrected chi connectivity index (χ0v) is 14.1. The summed E-state index contributed by atoms with van der Waals surface area (Å²) in [6, 6.07) is 3.84. The van der Waals surface area contributed by atoms with E-state index in [1.165, 1.54) is 0 Å². The lowest BCUT2D eigenvalue weighted by Gasteiger charge is -2.17. The van der Waals surface area contributed by atoms with E-state index in [0.717, 1.165) is 31.5 Å². The van der Waals surface area contributed by atoms with Crippen LogP contribution in [0.3, 0.4) is 0 Å². The Balaban J connectivity index is 1.77. The summed E-state index contributed by atoms with van der Waals surface area (Å²) in [4.78, 5) is 4.02. The van der Waals surface area contributed by atoms with Crippen LogP contribution in [0.4, 0.5) is 0 Å². The van der Waals surface area contributed by atoms with Gasteiger partial charge in [-0.2, -0.15) is 0 Å². The van der Waals surface area contributed by atoms with Crippen LogP contribution in [0.5, 0.6) is 0 Å². The largest absolute Gasteiger partial charge is 0.337 e. The molecule has 114 valence electrons. The van der Waals surface area contributed by atoms with E-state index in [-0.39, 0.29) is 6.04 Å². The Morgan fingerprint density at radius 3 is 2.71 bits per heavy atom. The lowest BCUT2D eigenvalue weighted by Crippen LogP contribution is -2.20. The molecule has 3 nitrogen and oxygen atoms in total. The van der Waals surface area contributed by atoms with Crippen LogP contribution in [-0.2, 0) is 6.54 Å². The lowest BCUT2D eigenvalue weighted by atomic mass is 10.1. The Morgan fingerprint density at radius 1 is 1.19 bits per heavy atom. The fraction of sp³-hybridized carbons (Fsp3) is 0.400. The number of unbranched alkanes of at least 4 members (excludes halogenated alkanes) is 1. The summed E-state index contributed by atoms with van der Waals surface area (Å²) in [6.07, 6.45) is 7.80. The summed E-state index contributed by atoms with van der Waals surface area (Å²) in [5, 5.41) is 4.89. The topological polar surface area (TPSA) is 29.9 Å². The summed E-state index contributed by atoms with van der Waals surface area (Å²) in [6.45, 7) is 3.98. The van der Waals surface area contributed by atoms with Crippen LogP contribution in [-0.4, -0.2) is 16.1 Å². The molecule has 2 rings (SSSR count).